The van der Waals surface area contributed by atoms with Crippen molar-refractivity contribution in [3.05, 3.63) is 82.0 Å². The molecule has 2 aromatic carbocycles. The second kappa shape index (κ2) is 7.15. The van der Waals surface area contributed by atoms with E-state index in [4.69, 9.17) is 0 Å². The molecule has 1 amide bonds. The number of thiophene rings is 1. The highest BCUT2D eigenvalue weighted by atomic mass is 32.2. The minimum atomic E-state index is -3.59. The van der Waals surface area contributed by atoms with Gasteiger partial charge in [-0.15, -0.1) is 11.3 Å². The average Bonchev–Trinajstić information content (AvgIpc) is 3.19. The third kappa shape index (κ3) is 3.73. The molecular weight excluding hydrogens is 382 g/mol. The van der Waals surface area contributed by atoms with E-state index in [1.165, 1.54) is 0 Å². The van der Waals surface area contributed by atoms with Crippen molar-refractivity contribution in [1.29, 1.82) is 0 Å². The first-order valence-corrected chi connectivity index (χ1v) is 10.7. The zero-order valence-electron chi connectivity index (χ0n) is 14.2. The van der Waals surface area contributed by atoms with Gasteiger partial charge in [0, 0.05) is 10.4 Å². The van der Waals surface area contributed by atoms with E-state index in [9.17, 15) is 13.2 Å². The van der Waals surface area contributed by atoms with Gasteiger partial charge in [-0.05, 0) is 41.3 Å². The SMILES string of the molecule is O=C(NCc1cccs1)c1ccc(C2Nc3ccccc3S(=O)(=O)N2)cc1. The van der Waals surface area contributed by atoms with Crippen LogP contribution in [0.5, 0.6) is 0 Å². The van der Waals surface area contributed by atoms with Gasteiger partial charge in [0.05, 0.1) is 12.2 Å². The molecule has 2 heterocycles. The summed E-state index contributed by atoms with van der Waals surface area (Å²) < 4.78 is 27.5. The largest absolute Gasteiger partial charge is 0.364 e. The van der Waals surface area contributed by atoms with Crippen molar-refractivity contribution in [3.8, 4) is 0 Å². The molecule has 1 aliphatic heterocycles. The molecule has 6 nitrogen and oxygen atoms in total. The van der Waals surface area contributed by atoms with E-state index in [2.05, 4.69) is 15.4 Å². The minimum Gasteiger partial charge on any atom is -0.364 e. The van der Waals surface area contributed by atoms with Crippen LogP contribution in [0.2, 0.25) is 0 Å². The lowest BCUT2D eigenvalue weighted by Gasteiger charge is -2.28. The molecule has 0 radical (unpaired) electrons. The van der Waals surface area contributed by atoms with Crippen molar-refractivity contribution in [3.63, 3.8) is 0 Å². The summed E-state index contributed by atoms with van der Waals surface area (Å²) in [7, 11) is -3.59. The summed E-state index contributed by atoms with van der Waals surface area (Å²) in [5.74, 6) is -0.169. The fourth-order valence-electron chi connectivity index (χ4n) is 2.88. The predicted octanol–water partition coefficient (Wildman–Crippen LogP) is 3.08. The number of benzene rings is 2. The van der Waals surface area contributed by atoms with Gasteiger partial charge in [0.1, 0.15) is 11.1 Å². The van der Waals surface area contributed by atoms with Crippen LogP contribution in [0.1, 0.15) is 27.0 Å². The van der Waals surface area contributed by atoms with Gasteiger partial charge < -0.3 is 10.6 Å². The Kier molecular flexibility index (Phi) is 4.69. The summed E-state index contributed by atoms with van der Waals surface area (Å²) in [5, 5.41) is 8.01. The lowest BCUT2D eigenvalue weighted by molar-refractivity contribution is 0.0951. The van der Waals surface area contributed by atoms with E-state index >= 15 is 0 Å². The van der Waals surface area contributed by atoms with Crippen LogP contribution in [0.4, 0.5) is 5.69 Å². The van der Waals surface area contributed by atoms with Crippen LogP contribution in [0.25, 0.3) is 0 Å². The third-order valence-electron chi connectivity index (χ3n) is 4.26. The molecular formula is C19H17N3O3S2. The number of hydrogen-bond donors (Lipinski definition) is 3. The highest BCUT2D eigenvalue weighted by Crippen LogP contribution is 2.30. The monoisotopic (exact) mass is 399 g/mol. The normalized spacial score (nSPS) is 17.6. The Morgan fingerprint density at radius 3 is 2.56 bits per heavy atom. The number of carbonyl (C=O) groups is 1. The molecule has 0 fully saturated rings. The van der Waals surface area contributed by atoms with Crippen molar-refractivity contribution in [2.24, 2.45) is 0 Å². The lowest BCUT2D eigenvalue weighted by atomic mass is 10.1. The molecule has 1 aliphatic rings. The van der Waals surface area contributed by atoms with E-state index < -0.39 is 16.2 Å². The molecule has 27 heavy (non-hydrogen) atoms. The van der Waals surface area contributed by atoms with E-state index in [1.54, 1.807) is 59.9 Å². The van der Waals surface area contributed by atoms with Crippen LogP contribution in [0.15, 0.2) is 70.9 Å². The fraction of sp³-hybridized carbons (Fsp3) is 0.105. The van der Waals surface area contributed by atoms with Crippen LogP contribution in [-0.4, -0.2) is 14.3 Å². The number of carbonyl (C=O) groups excluding carboxylic acids is 1. The van der Waals surface area contributed by atoms with E-state index in [0.29, 0.717) is 17.8 Å². The molecule has 1 aromatic heterocycles. The zero-order chi connectivity index (χ0) is 18.9. The van der Waals surface area contributed by atoms with Crippen LogP contribution >= 0.6 is 11.3 Å². The number of rotatable bonds is 4. The van der Waals surface area contributed by atoms with E-state index in [-0.39, 0.29) is 10.8 Å². The molecule has 3 N–H and O–H groups in total. The molecule has 0 spiro atoms. The summed E-state index contributed by atoms with van der Waals surface area (Å²) in [6.07, 6.45) is -0.590. The zero-order valence-corrected chi connectivity index (χ0v) is 15.8. The molecule has 0 aliphatic carbocycles. The van der Waals surface area contributed by atoms with Gasteiger partial charge in [0.15, 0.2) is 0 Å². The Bertz CT molecular complexity index is 1060. The molecule has 138 valence electrons. The van der Waals surface area contributed by atoms with Gasteiger partial charge >= 0.3 is 0 Å². The summed E-state index contributed by atoms with van der Waals surface area (Å²) in [4.78, 5) is 13.6. The highest BCUT2D eigenvalue weighted by molar-refractivity contribution is 7.89. The molecule has 4 rings (SSSR count). The highest BCUT2D eigenvalue weighted by Gasteiger charge is 2.29. The average molecular weight is 399 g/mol. The number of sulfonamides is 1. The molecule has 1 atom stereocenters. The Morgan fingerprint density at radius 2 is 1.81 bits per heavy atom. The summed E-state index contributed by atoms with van der Waals surface area (Å²) >= 11 is 1.59. The number of fused-ring (bicyclic) bond motifs is 1. The number of amides is 1. The number of nitrogens with one attached hydrogen (secondary N) is 3. The van der Waals surface area contributed by atoms with Crippen molar-refractivity contribution in [2.45, 2.75) is 17.6 Å². The second-order valence-electron chi connectivity index (χ2n) is 6.08. The van der Waals surface area contributed by atoms with Crippen LogP contribution in [0, 0.1) is 0 Å². The van der Waals surface area contributed by atoms with E-state index in [0.717, 1.165) is 10.4 Å². The van der Waals surface area contributed by atoms with Crippen molar-refractivity contribution in [2.75, 3.05) is 5.32 Å². The van der Waals surface area contributed by atoms with Crippen LogP contribution in [0.3, 0.4) is 0 Å². The molecule has 8 heteroatoms. The lowest BCUT2D eigenvalue weighted by Crippen LogP contribution is -2.38. The van der Waals surface area contributed by atoms with Gasteiger partial charge in [-0.2, -0.15) is 4.72 Å². The van der Waals surface area contributed by atoms with Gasteiger partial charge in [-0.3, -0.25) is 4.79 Å². The van der Waals surface area contributed by atoms with Gasteiger partial charge in [0.2, 0.25) is 10.0 Å². The third-order valence-corrected chi connectivity index (χ3v) is 6.62. The number of anilines is 1. The maximum Gasteiger partial charge on any atom is 0.251 e. The molecule has 1 unspecified atom stereocenters. The van der Waals surface area contributed by atoms with Crippen molar-refractivity contribution >= 4 is 33.0 Å². The Balaban J connectivity index is 1.49. The van der Waals surface area contributed by atoms with Gasteiger partial charge in [0.25, 0.3) is 5.91 Å². The molecule has 0 bridgehead atoms. The number of hydrogen-bond acceptors (Lipinski definition) is 5. The summed E-state index contributed by atoms with van der Waals surface area (Å²) in [6, 6.07) is 17.5. The van der Waals surface area contributed by atoms with Crippen LogP contribution < -0.4 is 15.4 Å². The molecule has 0 saturated carbocycles. The summed E-state index contributed by atoms with van der Waals surface area (Å²) in [6.45, 7) is 0.485. The smallest absolute Gasteiger partial charge is 0.251 e. The second-order valence-corrected chi connectivity index (χ2v) is 8.79. The first-order chi connectivity index (χ1) is 13.0. The predicted molar refractivity (Wildman–Crippen MR) is 105 cm³/mol. The van der Waals surface area contributed by atoms with Gasteiger partial charge in [-0.25, -0.2) is 8.42 Å². The minimum absolute atomic E-state index is 0.169. The molecule has 3 aromatic rings. The molecule has 0 saturated heterocycles. The Hall–Kier alpha value is -2.68. The van der Waals surface area contributed by atoms with E-state index in [1.807, 2.05) is 17.5 Å². The van der Waals surface area contributed by atoms with Crippen molar-refractivity contribution < 1.29 is 13.2 Å². The quantitative estimate of drug-likeness (QED) is 0.629. The van der Waals surface area contributed by atoms with Crippen LogP contribution in [-0.2, 0) is 16.6 Å². The van der Waals surface area contributed by atoms with Crippen molar-refractivity contribution in [1.82, 2.24) is 10.0 Å². The Labute approximate surface area is 161 Å². The topological polar surface area (TPSA) is 87.3 Å². The Morgan fingerprint density at radius 1 is 1.04 bits per heavy atom. The fourth-order valence-corrected chi connectivity index (χ4v) is 4.84. The van der Waals surface area contributed by atoms with Gasteiger partial charge in [-0.1, -0.05) is 30.3 Å². The maximum absolute atomic E-state index is 12.4. The first kappa shape index (κ1) is 17.7. The maximum atomic E-state index is 12.4. The standard InChI is InChI=1S/C19H17N3O3S2/c23-19(20-12-15-4-3-11-26-15)14-9-7-13(8-10-14)18-21-16-5-1-2-6-17(16)27(24,25)22-18/h1-11,18,21-22H,12H2,(H,20,23). The number of para-hydroxylation sites is 1. The summed E-state index contributed by atoms with van der Waals surface area (Å²) in [5.41, 5.74) is 1.80. The first-order valence-electron chi connectivity index (χ1n) is 8.31.